The maximum atomic E-state index is 12.9. The molecule has 182 valence electrons. The Hall–Kier alpha value is -4.68. The molecule has 1 fully saturated rings. The van der Waals surface area contributed by atoms with Crippen LogP contribution in [0.4, 0.5) is 5.69 Å². The van der Waals surface area contributed by atoms with E-state index in [1.807, 2.05) is 12.1 Å². The molecule has 0 saturated carbocycles. The quantitative estimate of drug-likeness (QED) is 0.125. The number of para-hydroxylation sites is 1. The van der Waals surface area contributed by atoms with Crippen LogP contribution >= 0.6 is 11.6 Å². The van der Waals surface area contributed by atoms with Crippen LogP contribution in [0.3, 0.4) is 0 Å². The number of imide groups is 1. The molecular weight excluding hydrogens is 490 g/mol. The van der Waals surface area contributed by atoms with Gasteiger partial charge in [0.1, 0.15) is 17.2 Å². The van der Waals surface area contributed by atoms with E-state index in [1.54, 1.807) is 97.1 Å². The van der Waals surface area contributed by atoms with E-state index in [-0.39, 0.29) is 18.2 Å². The molecule has 0 atom stereocenters. The lowest BCUT2D eigenvalue weighted by Crippen LogP contribution is -2.28. The average molecular weight is 510 g/mol. The zero-order valence-corrected chi connectivity index (χ0v) is 20.2. The average Bonchev–Trinajstić information content (AvgIpc) is 3.17. The van der Waals surface area contributed by atoms with E-state index in [0.29, 0.717) is 44.7 Å². The van der Waals surface area contributed by atoms with Crippen molar-refractivity contribution in [2.75, 3.05) is 4.90 Å². The first-order valence-electron chi connectivity index (χ1n) is 11.4. The van der Waals surface area contributed by atoms with E-state index in [4.69, 9.17) is 21.1 Å². The van der Waals surface area contributed by atoms with Gasteiger partial charge in [-0.2, -0.15) is 0 Å². The van der Waals surface area contributed by atoms with Crippen molar-refractivity contribution in [3.05, 3.63) is 125 Å². The summed E-state index contributed by atoms with van der Waals surface area (Å²) in [7, 11) is 0. The summed E-state index contributed by atoms with van der Waals surface area (Å²) < 4.78 is 11.3. The number of anilines is 1. The number of hydrogen-bond acceptors (Lipinski definition) is 5. The lowest BCUT2D eigenvalue weighted by Gasteiger charge is -2.13. The predicted octanol–water partition coefficient (Wildman–Crippen LogP) is 6.70. The molecule has 0 aromatic heterocycles. The van der Waals surface area contributed by atoms with Gasteiger partial charge in [-0.3, -0.25) is 9.59 Å². The highest BCUT2D eigenvalue weighted by atomic mass is 35.5. The fourth-order valence-electron chi connectivity index (χ4n) is 3.88. The summed E-state index contributed by atoms with van der Waals surface area (Å²) in [4.78, 5) is 39.0. The van der Waals surface area contributed by atoms with Crippen LogP contribution in [0.2, 0.25) is 5.02 Å². The highest BCUT2D eigenvalue weighted by Gasteiger charge is 2.35. The molecule has 1 saturated heterocycles. The largest absolute Gasteiger partial charge is 0.457 e. The summed E-state index contributed by atoms with van der Waals surface area (Å²) >= 11 is 6.02. The van der Waals surface area contributed by atoms with Crippen LogP contribution in [0.15, 0.2) is 109 Å². The molecule has 6 nitrogen and oxygen atoms in total. The Morgan fingerprint density at radius 1 is 0.784 bits per heavy atom. The Kier molecular flexibility index (Phi) is 6.83. The molecule has 4 aromatic carbocycles. The summed E-state index contributed by atoms with van der Waals surface area (Å²) in [6.45, 7) is 0. The maximum absolute atomic E-state index is 12.9. The molecule has 2 amide bonds. The summed E-state index contributed by atoms with van der Waals surface area (Å²) in [5.74, 6) is 0.386. The minimum Gasteiger partial charge on any atom is -0.457 e. The van der Waals surface area contributed by atoms with Gasteiger partial charge in [0.25, 0.3) is 5.91 Å². The van der Waals surface area contributed by atoms with E-state index in [0.717, 1.165) is 4.90 Å². The summed E-state index contributed by atoms with van der Waals surface area (Å²) in [6.07, 6.45) is 1.68. The molecule has 1 aliphatic heterocycles. The van der Waals surface area contributed by atoms with E-state index in [1.165, 1.54) is 0 Å². The van der Waals surface area contributed by atoms with Gasteiger partial charge in [-0.15, -0.1) is 0 Å². The summed E-state index contributed by atoms with van der Waals surface area (Å²) in [6, 6.07) is 29.2. The number of amides is 2. The standard InChI is InChI=1S/C30H20ClNO5/c31-23-7-5-8-24(19-23)32-28(33)18-22(29(32)34)16-20-6-4-11-27(17-20)36-26-14-12-21(13-15-26)30(35)37-25-9-2-1-3-10-25/h1-17,19H,18H2/b22-16-. The van der Waals surface area contributed by atoms with Crippen molar-refractivity contribution in [3.8, 4) is 17.2 Å². The second-order valence-corrected chi connectivity index (χ2v) is 8.70. The Morgan fingerprint density at radius 2 is 1.51 bits per heavy atom. The molecule has 4 aromatic rings. The molecule has 0 aliphatic carbocycles. The van der Waals surface area contributed by atoms with Crippen molar-refractivity contribution in [1.82, 2.24) is 0 Å². The van der Waals surface area contributed by atoms with Crippen molar-refractivity contribution in [1.29, 1.82) is 0 Å². The summed E-state index contributed by atoms with van der Waals surface area (Å²) in [5.41, 5.74) is 1.93. The van der Waals surface area contributed by atoms with Gasteiger partial charge in [-0.25, -0.2) is 9.69 Å². The Labute approximate surface area is 218 Å². The monoisotopic (exact) mass is 509 g/mol. The normalized spacial score (nSPS) is 14.2. The molecule has 5 rings (SSSR count). The third-order valence-electron chi connectivity index (χ3n) is 5.61. The van der Waals surface area contributed by atoms with Gasteiger partial charge in [0.15, 0.2) is 0 Å². The van der Waals surface area contributed by atoms with Gasteiger partial charge in [-0.1, -0.05) is 48.0 Å². The molecule has 1 aliphatic rings. The number of hydrogen-bond donors (Lipinski definition) is 0. The first-order valence-corrected chi connectivity index (χ1v) is 11.8. The highest BCUT2D eigenvalue weighted by molar-refractivity contribution is 6.32. The number of halogens is 1. The number of benzene rings is 4. The zero-order chi connectivity index (χ0) is 25.8. The Bertz CT molecular complexity index is 1510. The van der Waals surface area contributed by atoms with Gasteiger partial charge >= 0.3 is 5.97 Å². The minimum absolute atomic E-state index is 0.00300. The molecule has 0 radical (unpaired) electrons. The molecule has 0 N–H and O–H groups in total. The SMILES string of the molecule is O=C(Oc1ccccc1)c1ccc(Oc2cccc(/C=C3/CC(=O)N(c4cccc(Cl)c4)C3=O)c2)cc1. The van der Waals surface area contributed by atoms with Gasteiger partial charge in [0.05, 0.1) is 17.7 Å². The van der Waals surface area contributed by atoms with E-state index >= 15 is 0 Å². The second kappa shape index (κ2) is 10.5. The van der Waals surface area contributed by atoms with Crippen LogP contribution in [0, 0.1) is 0 Å². The number of rotatable bonds is 6. The van der Waals surface area contributed by atoms with Crippen LogP contribution in [0.1, 0.15) is 22.3 Å². The van der Waals surface area contributed by atoms with E-state index in [2.05, 4.69) is 0 Å². The summed E-state index contributed by atoms with van der Waals surface area (Å²) in [5, 5.41) is 0.446. The molecule has 7 heteroatoms. The highest BCUT2D eigenvalue weighted by Crippen LogP contribution is 2.30. The molecule has 1 heterocycles. The van der Waals surface area contributed by atoms with Crippen molar-refractivity contribution in [3.63, 3.8) is 0 Å². The zero-order valence-electron chi connectivity index (χ0n) is 19.5. The van der Waals surface area contributed by atoms with Crippen molar-refractivity contribution < 1.29 is 23.9 Å². The number of carbonyl (C=O) groups is 3. The molecule has 0 bridgehead atoms. The molecule has 0 unspecified atom stereocenters. The number of nitrogens with zero attached hydrogens (tertiary/aromatic N) is 1. The van der Waals surface area contributed by atoms with E-state index in [9.17, 15) is 14.4 Å². The predicted molar refractivity (Wildman–Crippen MR) is 141 cm³/mol. The molecule has 37 heavy (non-hydrogen) atoms. The minimum atomic E-state index is -0.464. The fourth-order valence-corrected chi connectivity index (χ4v) is 4.07. The van der Waals surface area contributed by atoms with Crippen LogP contribution in [0.5, 0.6) is 17.2 Å². The van der Waals surface area contributed by atoms with Crippen LogP contribution in [-0.2, 0) is 9.59 Å². The van der Waals surface area contributed by atoms with Gasteiger partial charge in [0, 0.05) is 10.6 Å². The van der Waals surface area contributed by atoms with Gasteiger partial charge < -0.3 is 9.47 Å². The number of esters is 1. The van der Waals surface area contributed by atoms with Gasteiger partial charge in [0.2, 0.25) is 5.91 Å². The first kappa shape index (κ1) is 24.0. The lowest BCUT2D eigenvalue weighted by molar-refractivity contribution is -0.120. The lowest BCUT2D eigenvalue weighted by atomic mass is 10.1. The van der Waals surface area contributed by atoms with E-state index < -0.39 is 5.97 Å². The van der Waals surface area contributed by atoms with Crippen LogP contribution in [-0.4, -0.2) is 17.8 Å². The van der Waals surface area contributed by atoms with Crippen molar-refractivity contribution >= 4 is 41.1 Å². The van der Waals surface area contributed by atoms with Crippen LogP contribution in [0.25, 0.3) is 6.08 Å². The maximum Gasteiger partial charge on any atom is 0.343 e. The third-order valence-corrected chi connectivity index (χ3v) is 5.85. The second-order valence-electron chi connectivity index (χ2n) is 8.26. The Morgan fingerprint density at radius 3 is 2.27 bits per heavy atom. The Balaban J connectivity index is 1.28. The van der Waals surface area contributed by atoms with Gasteiger partial charge in [-0.05, 0) is 78.4 Å². The van der Waals surface area contributed by atoms with Crippen LogP contribution < -0.4 is 14.4 Å². The topological polar surface area (TPSA) is 72.9 Å². The fraction of sp³-hybridized carbons (Fsp3) is 0.0333. The third kappa shape index (κ3) is 5.60. The number of ether oxygens (including phenoxy) is 2. The smallest absolute Gasteiger partial charge is 0.343 e. The first-order chi connectivity index (χ1) is 18.0. The van der Waals surface area contributed by atoms with Crippen molar-refractivity contribution in [2.24, 2.45) is 0 Å². The number of carbonyl (C=O) groups excluding carboxylic acids is 3. The molecule has 0 spiro atoms. The molecular formula is C30H20ClNO5. The van der Waals surface area contributed by atoms with Crippen molar-refractivity contribution in [2.45, 2.75) is 6.42 Å².